The van der Waals surface area contributed by atoms with Crippen molar-refractivity contribution in [2.45, 2.75) is 0 Å². The molecule has 0 aliphatic carbocycles. The summed E-state index contributed by atoms with van der Waals surface area (Å²) in [6, 6.07) is 5.32. The number of rotatable bonds is 2. The summed E-state index contributed by atoms with van der Waals surface area (Å²) >= 11 is 13.6. The minimum atomic E-state index is 0.625. The highest BCUT2D eigenvalue weighted by Crippen LogP contribution is 2.33. The van der Waals surface area contributed by atoms with Crippen molar-refractivity contribution in [3.63, 3.8) is 0 Å². The first kappa shape index (κ1) is 12.5. The molecular weight excluding hydrogens is 301 g/mol. The predicted octanol–water partition coefficient (Wildman–Crippen LogP) is 4.57. The summed E-state index contributed by atoms with van der Waals surface area (Å²) in [4.78, 5) is 12.8. The van der Waals surface area contributed by atoms with E-state index in [1.807, 2.05) is 5.38 Å². The lowest BCUT2D eigenvalue weighted by Gasteiger charge is -2.00. The maximum absolute atomic E-state index is 6.16. The second kappa shape index (κ2) is 5.25. The summed E-state index contributed by atoms with van der Waals surface area (Å²) in [6.45, 7) is 0. The lowest BCUT2D eigenvalue weighted by molar-refractivity contribution is 1.19. The molecule has 2 aromatic heterocycles. The first-order valence-corrected chi connectivity index (χ1v) is 7.05. The van der Waals surface area contributed by atoms with Crippen molar-refractivity contribution in [3.8, 4) is 22.0 Å². The van der Waals surface area contributed by atoms with Crippen LogP contribution in [0.1, 0.15) is 0 Å². The summed E-state index contributed by atoms with van der Waals surface area (Å²) in [6.07, 6.45) is 4.96. The number of thiazole rings is 1. The molecule has 0 fully saturated rings. The number of hydrogen-bond acceptors (Lipinski definition) is 4. The molecule has 3 aromatic rings. The number of hydrogen-bond donors (Lipinski definition) is 0. The molecule has 0 N–H and O–H groups in total. The molecule has 94 valence electrons. The lowest BCUT2D eigenvalue weighted by atomic mass is 10.2. The molecule has 0 saturated heterocycles. The van der Waals surface area contributed by atoms with Gasteiger partial charge >= 0.3 is 0 Å². The minimum Gasteiger partial charge on any atom is -0.261 e. The second-order valence-corrected chi connectivity index (χ2v) is 5.45. The van der Waals surface area contributed by atoms with Gasteiger partial charge in [-0.25, -0.2) is 4.98 Å². The molecule has 0 amide bonds. The van der Waals surface area contributed by atoms with Crippen LogP contribution < -0.4 is 0 Å². The van der Waals surface area contributed by atoms with Crippen molar-refractivity contribution >= 4 is 34.5 Å². The molecule has 19 heavy (non-hydrogen) atoms. The van der Waals surface area contributed by atoms with Crippen LogP contribution >= 0.6 is 34.5 Å². The summed E-state index contributed by atoms with van der Waals surface area (Å²) < 4.78 is 0. The molecular formula is C13H7Cl2N3S. The van der Waals surface area contributed by atoms with Gasteiger partial charge in [-0.3, -0.25) is 9.97 Å². The summed E-state index contributed by atoms with van der Waals surface area (Å²) in [7, 11) is 0. The van der Waals surface area contributed by atoms with E-state index in [4.69, 9.17) is 23.2 Å². The Kier molecular flexibility index (Phi) is 3.46. The van der Waals surface area contributed by atoms with E-state index in [9.17, 15) is 0 Å². The molecule has 0 bridgehead atoms. The molecule has 0 aliphatic rings. The van der Waals surface area contributed by atoms with Crippen LogP contribution in [0.2, 0.25) is 10.0 Å². The summed E-state index contributed by atoms with van der Waals surface area (Å²) in [5, 5.41) is 4.00. The van der Waals surface area contributed by atoms with Crippen molar-refractivity contribution < 1.29 is 0 Å². The fraction of sp³-hybridized carbons (Fsp3) is 0. The number of halogens is 2. The zero-order valence-electron chi connectivity index (χ0n) is 9.55. The zero-order chi connectivity index (χ0) is 13.2. The Morgan fingerprint density at radius 2 is 1.95 bits per heavy atom. The Bertz CT molecular complexity index is 713. The molecule has 3 nitrogen and oxygen atoms in total. The molecule has 1 aromatic carbocycles. The van der Waals surface area contributed by atoms with Crippen LogP contribution in [0.4, 0.5) is 0 Å². The number of aromatic nitrogens is 3. The molecule has 6 heteroatoms. The van der Waals surface area contributed by atoms with Gasteiger partial charge in [-0.2, -0.15) is 0 Å². The standard InChI is InChI=1S/C13H7Cl2N3S/c14-8-1-2-10(15)9(5-8)12-7-19-13(18-12)11-6-16-3-4-17-11/h1-7H. The van der Waals surface area contributed by atoms with Gasteiger partial charge in [0, 0.05) is 28.4 Å². The van der Waals surface area contributed by atoms with Gasteiger partial charge in [0.2, 0.25) is 0 Å². The van der Waals surface area contributed by atoms with E-state index in [0.717, 1.165) is 22.0 Å². The topological polar surface area (TPSA) is 38.7 Å². The molecule has 0 spiro atoms. The monoisotopic (exact) mass is 307 g/mol. The fourth-order valence-corrected chi connectivity index (χ4v) is 2.79. The zero-order valence-corrected chi connectivity index (χ0v) is 11.9. The lowest BCUT2D eigenvalue weighted by Crippen LogP contribution is -1.84. The predicted molar refractivity (Wildman–Crippen MR) is 78.6 cm³/mol. The van der Waals surface area contributed by atoms with Crippen LogP contribution in [0.15, 0.2) is 42.2 Å². The normalized spacial score (nSPS) is 10.6. The number of benzene rings is 1. The average Bonchev–Trinajstić information content (AvgIpc) is 2.92. The quantitative estimate of drug-likeness (QED) is 0.696. The molecule has 3 rings (SSSR count). The third-order valence-electron chi connectivity index (χ3n) is 2.49. The smallest absolute Gasteiger partial charge is 0.144 e. The third kappa shape index (κ3) is 2.61. The van der Waals surface area contributed by atoms with Gasteiger partial charge in [0.1, 0.15) is 10.7 Å². The SMILES string of the molecule is Clc1ccc(Cl)c(-c2csc(-c3cnccn3)n2)c1. The molecule has 0 aliphatic heterocycles. The van der Waals surface area contributed by atoms with Crippen LogP contribution in [0.3, 0.4) is 0 Å². The van der Waals surface area contributed by atoms with Crippen molar-refractivity contribution in [2.24, 2.45) is 0 Å². The fourth-order valence-electron chi connectivity index (χ4n) is 1.62. The van der Waals surface area contributed by atoms with Gasteiger partial charge in [0.05, 0.1) is 16.9 Å². The van der Waals surface area contributed by atoms with Gasteiger partial charge in [-0.05, 0) is 18.2 Å². The largest absolute Gasteiger partial charge is 0.261 e. The Morgan fingerprint density at radius 1 is 1.05 bits per heavy atom. The minimum absolute atomic E-state index is 0.625. The van der Waals surface area contributed by atoms with E-state index in [1.165, 1.54) is 11.3 Å². The second-order valence-electron chi connectivity index (χ2n) is 3.75. The van der Waals surface area contributed by atoms with E-state index in [0.29, 0.717) is 10.0 Å². The van der Waals surface area contributed by atoms with E-state index < -0.39 is 0 Å². The van der Waals surface area contributed by atoms with Crippen molar-refractivity contribution in [1.82, 2.24) is 15.0 Å². The maximum atomic E-state index is 6.16. The molecule has 0 atom stereocenters. The summed E-state index contributed by atoms with van der Waals surface area (Å²) in [5.74, 6) is 0. The van der Waals surface area contributed by atoms with E-state index >= 15 is 0 Å². The molecule has 0 saturated carbocycles. The van der Waals surface area contributed by atoms with Crippen molar-refractivity contribution in [3.05, 3.63) is 52.2 Å². The van der Waals surface area contributed by atoms with Crippen molar-refractivity contribution in [1.29, 1.82) is 0 Å². The Balaban J connectivity index is 2.04. The van der Waals surface area contributed by atoms with Gasteiger partial charge in [-0.15, -0.1) is 11.3 Å². The van der Waals surface area contributed by atoms with E-state index in [-0.39, 0.29) is 0 Å². The highest BCUT2D eigenvalue weighted by Gasteiger charge is 2.10. The van der Waals surface area contributed by atoms with Gasteiger partial charge in [0.25, 0.3) is 0 Å². The van der Waals surface area contributed by atoms with Gasteiger partial charge < -0.3 is 0 Å². The third-order valence-corrected chi connectivity index (χ3v) is 3.92. The first-order chi connectivity index (χ1) is 9.24. The van der Waals surface area contributed by atoms with Gasteiger partial charge in [0.15, 0.2) is 0 Å². The molecule has 0 unspecified atom stereocenters. The number of nitrogens with zero attached hydrogens (tertiary/aromatic N) is 3. The molecule has 0 radical (unpaired) electrons. The Labute approximate surface area is 123 Å². The summed E-state index contributed by atoms with van der Waals surface area (Å²) in [5.41, 5.74) is 2.36. The van der Waals surface area contributed by atoms with Gasteiger partial charge in [-0.1, -0.05) is 23.2 Å². The van der Waals surface area contributed by atoms with Crippen molar-refractivity contribution in [2.75, 3.05) is 0 Å². The van der Waals surface area contributed by atoms with E-state index in [2.05, 4.69) is 15.0 Å². The van der Waals surface area contributed by atoms with Crippen LogP contribution in [0, 0.1) is 0 Å². The van der Waals surface area contributed by atoms with E-state index in [1.54, 1.807) is 36.8 Å². The maximum Gasteiger partial charge on any atom is 0.144 e. The molecule has 2 heterocycles. The first-order valence-electron chi connectivity index (χ1n) is 5.41. The highest BCUT2D eigenvalue weighted by molar-refractivity contribution is 7.13. The Morgan fingerprint density at radius 3 is 2.74 bits per heavy atom. The highest BCUT2D eigenvalue weighted by atomic mass is 35.5. The average molecular weight is 308 g/mol. The Hall–Kier alpha value is -1.49. The van der Waals surface area contributed by atoms with Crippen LogP contribution in [0.25, 0.3) is 22.0 Å². The van der Waals surface area contributed by atoms with Crippen LogP contribution in [0.5, 0.6) is 0 Å². The van der Waals surface area contributed by atoms with Crippen LogP contribution in [-0.4, -0.2) is 15.0 Å². The van der Waals surface area contributed by atoms with Crippen LogP contribution in [-0.2, 0) is 0 Å².